The number of para-hydroxylation sites is 3. The average Bonchev–Trinajstić information content (AvgIpc) is 3.00. The monoisotopic (exact) mass is 443 g/mol. The molecule has 0 bridgehead atoms. The molecule has 1 aliphatic heterocycles. The number of carboxylic acid groups (broad SMARTS) is 1. The fraction of sp³-hybridized carbons (Fsp3) is 0.227. The lowest BCUT2D eigenvalue weighted by Crippen LogP contribution is -2.28. The van der Waals surface area contributed by atoms with Gasteiger partial charge in [0.2, 0.25) is 0 Å². The zero-order chi connectivity index (χ0) is 21.7. The van der Waals surface area contributed by atoms with E-state index in [0.29, 0.717) is 45.0 Å². The molecule has 1 amide bonds. The number of benzene rings is 2. The first-order valence-corrected chi connectivity index (χ1v) is 10.7. The van der Waals surface area contributed by atoms with Gasteiger partial charge < -0.3 is 14.6 Å². The summed E-state index contributed by atoms with van der Waals surface area (Å²) in [7, 11) is 0. The number of amides is 1. The van der Waals surface area contributed by atoms with Gasteiger partial charge >= 0.3 is 5.97 Å². The molecular weight excluding hydrogens is 422 g/mol. The summed E-state index contributed by atoms with van der Waals surface area (Å²) < 4.78 is 11.7. The van der Waals surface area contributed by atoms with Gasteiger partial charge in [0.1, 0.15) is 11.5 Å². The fourth-order valence-electron chi connectivity index (χ4n) is 2.90. The van der Waals surface area contributed by atoms with Crippen LogP contribution >= 0.6 is 24.0 Å². The number of carboxylic acids is 1. The Hall–Kier alpha value is -2.84. The Morgan fingerprint density at radius 2 is 1.83 bits per heavy atom. The predicted octanol–water partition coefficient (Wildman–Crippen LogP) is 4.73. The highest BCUT2D eigenvalue weighted by atomic mass is 32.2. The van der Waals surface area contributed by atoms with Crippen LogP contribution in [-0.4, -0.2) is 34.0 Å². The molecule has 1 aliphatic rings. The number of hydrogen-bond acceptors (Lipinski definition) is 6. The van der Waals surface area contributed by atoms with Crippen molar-refractivity contribution in [3.8, 4) is 11.5 Å². The third-order valence-electron chi connectivity index (χ3n) is 4.32. The first-order chi connectivity index (χ1) is 14.5. The van der Waals surface area contributed by atoms with E-state index in [0.717, 1.165) is 0 Å². The van der Waals surface area contributed by atoms with Crippen LogP contribution in [0.2, 0.25) is 0 Å². The molecule has 2 aromatic carbocycles. The van der Waals surface area contributed by atoms with Gasteiger partial charge in [-0.1, -0.05) is 61.2 Å². The molecule has 6 nitrogen and oxygen atoms in total. The van der Waals surface area contributed by atoms with Crippen LogP contribution in [0.1, 0.15) is 25.8 Å². The van der Waals surface area contributed by atoms with Crippen LogP contribution in [-0.2, 0) is 9.59 Å². The molecule has 0 aliphatic carbocycles. The van der Waals surface area contributed by atoms with Crippen molar-refractivity contribution in [1.29, 1.82) is 0 Å². The molecule has 8 heteroatoms. The van der Waals surface area contributed by atoms with Gasteiger partial charge in [-0.25, -0.2) is 4.79 Å². The van der Waals surface area contributed by atoms with Crippen LogP contribution < -0.4 is 14.4 Å². The van der Waals surface area contributed by atoms with E-state index in [2.05, 4.69) is 0 Å². The van der Waals surface area contributed by atoms with Crippen molar-refractivity contribution >= 4 is 51.9 Å². The Morgan fingerprint density at radius 1 is 1.17 bits per heavy atom. The second-order valence-corrected chi connectivity index (χ2v) is 7.98. The number of hydrogen-bond donors (Lipinski definition) is 1. The molecule has 30 heavy (non-hydrogen) atoms. The Morgan fingerprint density at radius 3 is 2.50 bits per heavy atom. The molecule has 156 valence electrons. The summed E-state index contributed by atoms with van der Waals surface area (Å²) in [5.74, 6) is -0.330. The Bertz CT molecular complexity index is 1000. The molecule has 0 spiro atoms. The average molecular weight is 444 g/mol. The van der Waals surface area contributed by atoms with Gasteiger partial charge in [-0.15, -0.1) is 0 Å². The van der Waals surface area contributed by atoms with Crippen molar-refractivity contribution in [1.82, 2.24) is 0 Å². The predicted molar refractivity (Wildman–Crippen MR) is 122 cm³/mol. The van der Waals surface area contributed by atoms with Crippen molar-refractivity contribution in [2.75, 3.05) is 11.5 Å². The van der Waals surface area contributed by atoms with E-state index < -0.39 is 12.1 Å². The fourth-order valence-corrected chi connectivity index (χ4v) is 4.18. The standard InChI is InChI=1S/C22H21NO5S2/c1-3-16(21(25)26)28-17-11-7-5-9-14(17)13-19-20(24)23(22(29)30-19)15-10-6-8-12-18(15)27-4-2/h5-13,16H,3-4H2,1-2H3,(H,25,26)/b19-13+. The van der Waals surface area contributed by atoms with Gasteiger partial charge in [0.05, 0.1) is 17.2 Å². The van der Waals surface area contributed by atoms with Gasteiger partial charge in [0.25, 0.3) is 5.91 Å². The van der Waals surface area contributed by atoms with Gasteiger partial charge in [-0.3, -0.25) is 9.69 Å². The zero-order valence-electron chi connectivity index (χ0n) is 16.5. The highest BCUT2D eigenvalue weighted by molar-refractivity contribution is 8.27. The van der Waals surface area contributed by atoms with E-state index in [1.165, 1.54) is 16.7 Å². The number of nitrogens with zero attached hydrogens (tertiary/aromatic N) is 1. The van der Waals surface area contributed by atoms with Crippen molar-refractivity contribution in [3.63, 3.8) is 0 Å². The van der Waals surface area contributed by atoms with Gasteiger partial charge in [-0.05, 0) is 37.6 Å². The SMILES string of the molecule is CCOc1ccccc1N1C(=O)/C(=C\c2ccccc2OC(CC)C(=O)O)SC1=S. The molecular formula is C22H21NO5S2. The molecule has 1 fully saturated rings. The molecule has 1 heterocycles. The lowest BCUT2D eigenvalue weighted by Gasteiger charge is -2.18. The first-order valence-electron chi connectivity index (χ1n) is 9.44. The first kappa shape index (κ1) is 21.9. The van der Waals surface area contributed by atoms with Crippen LogP contribution in [0.15, 0.2) is 53.4 Å². The van der Waals surface area contributed by atoms with E-state index in [1.807, 2.05) is 19.1 Å². The van der Waals surface area contributed by atoms with E-state index >= 15 is 0 Å². The number of carbonyl (C=O) groups is 2. The number of anilines is 1. The number of rotatable bonds is 8. The van der Waals surface area contributed by atoms with E-state index in [9.17, 15) is 14.7 Å². The van der Waals surface area contributed by atoms with Crippen LogP contribution in [0.3, 0.4) is 0 Å². The number of ether oxygens (including phenoxy) is 2. The lowest BCUT2D eigenvalue weighted by molar-refractivity contribution is -0.145. The molecule has 0 aromatic heterocycles. The molecule has 1 N–H and O–H groups in total. The maximum atomic E-state index is 13.1. The molecule has 0 radical (unpaired) electrons. The van der Waals surface area contributed by atoms with Crippen LogP contribution in [0.25, 0.3) is 6.08 Å². The van der Waals surface area contributed by atoms with Crippen molar-refractivity contribution in [2.24, 2.45) is 0 Å². The minimum Gasteiger partial charge on any atom is -0.492 e. The van der Waals surface area contributed by atoms with Crippen LogP contribution in [0.4, 0.5) is 5.69 Å². The summed E-state index contributed by atoms with van der Waals surface area (Å²) in [5.41, 5.74) is 1.20. The van der Waals surface area contributed by atoms with Crippen LogP contribution in [0, 0.1) is 0 Å². The van der Waals surface area contributed by atoms with Gasteiger partial charge in [-0.2, -0.15) is 0 Å². The number of aliphatic carboxylic acids is 1. The third-order valence-corrected chi connectivity index (χ3v) is 5.62. The second-order valence-electron chi connectivity index (χ2n) is 6.31. The summed E-state index contributed by atoms with van der Waals surface area (Å²) in [6.07, 6.45) is 1.03. The minimum absolute atomic E-state index is 0.266. The summed E-state index contributed by atoms with van der Waals surface area (Å²) in [6.45, 7) is 4.08. The molecule has 1 atom stereocenters. The normalized spacial score (nSPS) is 16.1. The zero-order valence-corrected chi connectivity index (χ0v) is 18.2. The maximum Gasteiger partial charge on any atom is 0.344 e. The quantitative estimate of drug-likeness (QED) is 0.467. The summed E-state index contributed by atoms with van der Waals surface area (Å²) >= 11 is 6.63. The smallest absolute Gasteiger partial charge is 0.344 e. The summed E-state index contributed by atoms with van der Waals surface area (Å²) in [6, 6.07) is 14.2. The van der Waals surface area contributed by atoms with Gasteiger partial charge in [0.15, 0.2) is 10.4 Å². The second kappa shape index (κ2) is 9.77. The highest BCUT2D eigenvalue weighted by Crippen LogP contribution is 2.40. The number of carbonyl (C=O) groups excluding carboxylic acids is 1. The molecule has 1 unspecified atom stereocenters. The molecule has 3 rings (SSSR count). The molecule has 2 aromatic rings. The highest BCUT2D eigenvalue weighted by Gasteiger charge is 2.35. The summed E-state index contributed by atoms with van der Waals surface area (Å²) in [4.78, 5) is 26.3. The Balaban J connectivity index is 1.93. The third kappa shape index (κ3) is 4.66. The van der Waals surface area contributed by atoms with Crippen molar-refractivity contribution in [3.05, 3.63) is 59.0 Å². The number of thioether (sulfide) groups is 1. The Kier molecular flexibility index (Phi) is 7.12. The number of thiocarbonyl (C=S) groups is 1. The largest absolute Gasteiger partial charge is 0.492 e. The topological polar surface area (TPSA) is 76.1 Å². The maximum absolute atomic E-state index is 13.1. The van der Waals surface area contributed by atoms with Crippen molar-refractivity contribution in [2.45, 2.75) is 26.4 Å². The van der Waals surface area contributed by atoms with E-state index in [1.54, 1.807) is 49.4 Å². The van der Waals surface area contributed by atoms with E-state index in [4.69, 9.17) is 21.7 Å². The van der Waals surface area contributed by atoms with E-state index in [-0.39, 0.29) is 5.91 Å². The minimum atomic E-state index is -1.04. The van der Waals surface area contributed by atoms with Gasteiger partial charge in [0, 0.05) is 5.56 Å². The summed E-state index contributed by atoms with van der Waals surface area (Å²) in [5, 5.41) is 9.28. The van der Waals surface area contributed by atoms with Crippen molar-refractivity contribution < 1.29 is 24.2 Å². The lowest BCUT2D eigenvalue weighted by atomic mass is 10.1. The molecule has 0 saturated carbocycles. The molecule has 1 saturated heterocycles. The Labute approximate surface area is 184 Å². The van der Waals surface area contributed by atoms with Crippen LogP contribution in [0.5, 0.6) is 11.5 Å².